The first-order valence-corrected chi connectivity index (χ1v) is 0. The van der Waals surface area contributed by atoms with Crippen LogP contribution in [0, 0.1) is 0 Å². The molecule has 4 heavy (non-hydrogen) atoms. The first-order chi connectivity index (χ1) is 0. The summed E-state index contributed by atoms with van der Waals surface area (Å²) in [4.78, 5) is 0. The second-order valence-corrected chi connectivity index (χ2v) is 0. The van der Waals surface area contributed by atoms with E-state index >= 15 is 0 Å². The van der Waals surface area contributed by atoms with Crippen LogP contribution in [-0.2, 0) is 58.9 Å². The molecular formula is AgAlCuZn. The monoisotopic (exact) mass is 261 g/mol. The summed E-state index contributed by atoms with van der Waals surface area (Å²) in [6.07, 6.45) is 0. The molecule has 0 amide bonds. The molecule has 0 heterocycles. The van der Waals surface area contributed by atoms with E-state index in [1.807, 2.05) is 0 Å². The van der Waals surface area contributed by atoms with Crippen LogP contribution in [0.15, 0.2) is 0 Å². The Morgan fingerprint density at radius 1 is 1.00 bits per heavy atom. The Balaban J connectivity index is 0. The van der Waals surface area contributed by atoms with Crippen LogP contribution in [0.25, 0.3) is 0 Å². The van der Waals surface area contributed by atoms with Gasteiger partial charge in [0.25, 0.3) is 0 Å². The van der Waals surface area contributed by atoms with Gasteiger partial charge >= 0.3 is 0 Å². The third kappa shape index (κ3) is 8.83. The molecule has 0 nitrogen and oxygen atoms in total. The van der Waals surface area contributed by atoms with Crippen molar-refractivity contribution in [2.24, 2.45) is 0 Å². The van der Waals surface area contributed by atoms with Crippen molar-refractivity contribution in [1.82, 2.24) is 0 Å². The van der Waals surface area contributed by atoms with Gasteiger partial charge in [-0.2, -0.15) is 0 Å². The minimum absolute atomic E-state index is 0. The summed E-state index contributed by atoms with van der Waals surface area (Å²) in [5, 5.41) is 0. The smallest absolute Gasteiger partial charge is 0 e. The number of rotatable bonds is 0. The standard InChI is InChI=1S/Ag.Al.Cu.Zn. The predicted octanol–water partition coefficient (Wildman–Crippen LogP) is -0.388. The van der Waals surface area contributed by atoms with Crippen molar-refractivity contribution in [2.75, 3.05) is 0 Å². The molecule has 0 fully saturated rings. The molecule has 0 spiro atoms. The van der Waals surface area contributed by atoms with Gasteiger partial charge in [0.15, 0.2) is 0 Å². The predicted molar refractivity (Wildman–Crippen MR) is 5.75 cm³/mol. The molecule has 0 aliphatic carbocycles. The zero-order valence-corrected chi connectivity index (χ0v) is 8.43. The fourth-order valence-electron chi connectivity index (χ4n) is 0. The van der Waals surface area contributed by atoms with Gasteiger partial charge in [0.1, 0.15) is 0 Å². The minimum atomic E-state index is 0. The molecule has 0 aliphatic heterocycles. The van der Waals surface area contributed by atoms with E-state index in [-0.39, 0.29) is 76.3 Å². The normalized spacial score (nSPS) is 0. The summed E-state index contributed by atoms with van der Waals surface area (Å²) in [7, 11) is 0. The van der Waals surface area contributed by atoms with Gasteiger partial charge in [0.2, 0.25) is 0 Å². The van der Waals surface area contributed by atoms with E-state index in [4.69, 9.17) is 0 Å². The van der Waals surface area contributed by atoms with Crippen molar-refractivity contribution in [3.63, 3.8) is 0 Å². The Labute approximate surface area is 75.4 Å². The minimum Gasteiger partial charge on any atom is 0 e. The van der Waals surface area contributed by atoms with Gasteiger partial charge in [-0.1, -0.05) is 0 Å². The van der Waals surface area contributed by atoms with Crippen LogP contribution in [0.3, 0.4) is 0 Å². The van der Waals surface area contributed by atoms with Gasteiger partial charge in [0.05, 0.1) is 0 Å². The van der Waals surface area contributed by atoms with Crippen LogP contribution in [0.2, 0.25) is 0 Å². The summed E-state index contributed by atoms with van der Waals surface area (Å²) in [5.41, 5.74) is 0. The van der Waals surface area contributed by atoms with Gasteiger partial charge in [-0.15, -0.1) is 0 Å². The third-order valence-electron chi connectivity index (χ3n) is 0. The maximum atomic E-state index is 0. The topological polar surface area (TPSA) is 0 Å². The molecule has 0 aromatic heterocycles. The van der Waals surface area contributed by atoms with Gasteiger partial charge in [-0.25, -0.2) is 0 Å². The Kier molecular flexibility index (Phi) is 146. The summed E-state index contributed by atoms with van der Waals surface area (Å²) >= 11 is 0. The number of hydrogen-bond donors (Lipinski definition) is 0. The van der Waals surface area contributed by atoms with Crippen LogP contribution < -0.4 is 0 Å². The van der Waals surface area contributed by atoms with Crippen molar-refractivity contribution in [3.8, 4) is 0 Å². The molecule has 0 saturated heterocycles. The summed E-state index contributed by atoms with van der Waals surface area (Å²) in [6.45, 7) is 0. The molecule has 0 aromatic carbocycles. The molecule has 27 valence electrons. The fraction of sp³-hybridized carbons (Fsp3) is 0. The Morgan fingerprint density at radius 2 is 1.00 bits per heavy atom. The fourth-order valence-corrected chi connectivity index (χ4v) is 0. The van der Waals surface area contributed by atoms with Crippen molar-refractivity contribution < 1.29 is 58.9 Å². The molecule has 0 atom stereocenters. The Hall–Kier alpha value is 2.42. The van der Waals surface area contributed by atoms with Crippen LogP contribution in [0.4, 0.5) is 0 Å². The van der Waals surface area contributed by atoms with Crippen LogP contribution >= 0.6 is 0 Å². The summed E-state index contributed by atoms with van der Waals surface area (Å²) in [6, 6.07) is 0. The van der Waals surface area contributed by atoms with Crippen LogP contribution in [0.5, 0.6) is 0 Å². The van der Waals surface area contributed by atoms with Crippen molar-refractivity contribution in [1.29, 1.82) is 0 Å². The molecule has 0 unspecified atom stereocenters. The molecule has 0 aromatic rings. The second-order valence-electron chi connectivity index (χ2n) is 0. The Morgan fingerprint density at radius 3 is 1.00 bits per heavy atom. The largest absolute Gasteiger partial charge is 0 e. The van der Waals surface area contributed by atoms with Gasteiger partial charge < -0.3 is 0 Å². The summed E-state index contributed by atoms with van der Waals surface area (Å²) in [5.74, 6) is 0. The zero-order valence-electron chi connectivity index (χ0n) is 1.89. The first-order valence-electron chi connectivity index (χ1n) is 0. The molecule has 0 bridgehead atoms. The molecule has 0 saturated carbocycles. The van der Waals surface area contributed by atoms with Gasteiger partial charge in [0, 0.05) is 76.3 Å². The maximum absolute atomic E-state index is 0. The first kappa shape index (κ1) is 32.2. The van der Waals surface area contributed by atoms with Crippen molar-refractivity contribution >= 4 is 17.4 Å². The van der Waals surface area contributed by atoms with Crippen molar-refractivity contribution in [3.05, 3.63) is 0 Å². The molecule has 0 N–H and O–H groups in total. The second kappa shape index (κ2) is 18.1. The molecule has 4 heteroatoms. The molecule has 0 aliphatic rings. The van der Waals surface area contributed by atoms with E-state index in [0.717, 1.165) is 0 Å². The average Bonchev–Trinajstić information content (AvgIpc) is 0. The quantitative estimate of drug-likeness (QED) is 0.523. The SMILES string of the molecule is [Ag].[Al].[Cu].[Zn]. The Bertz CT molecular complexity index is 8.00. The van der Waals surface area contributed by atoms with E-state index in [1.54, 1.807) is 0 Å². The van der Waals surface area contributed by atoms with E-state index in [0.29, 0.717) is 0 Å². The number of hydrogen-bond acceptors (Lipinski definition) is 0. The van der Waals surface area contributed by atoms with Gasteiger partial charge in [-0.3, -0.25) is 0 Å². The van der Waals surface area contributed by atoms with E-state index < -0.39 is 0 Å². The van der Waals surface area contributed by atoms with Gasteiger partial charge in [-0.05, 0) is 0 Å². The maximum Gasteiger partial charge on any atom is 0 e. The molecule has 0 rings (SSSR count). The van der Waals surface area contributed by atoms with E-state index in [2.05, 4.69) is 0 Å². The zero-order chi connectivity index (χ0) is 0. The third-order valence-corrected chi connectivity index (χ3v) is 0. The average molecular weight is 264 g/mol. The van der Waals surface area contributed by atoms with E-state index in [9.17, 15) is 0 Å². The molecule has 5 radical (unpaired) electrons. The van der Waals surface area contributed by atoms with E-state index in [1.165, 1.54) is 0 Å². The van der Waals surface area contributed by atoms with Crippen LogP contribution in [0.1, 0.15) is 0 Å². The van der Waals surface area contributed by atoms with Crippen molar-refractivity contribution in [2.45, 2.75) is 0 Å². The molecular weight excluding hydrogens is 264 g/mol. The summed E-state index contributed by atoms with van der Waals surface area (Å²) < 4.78 is 0. The van der Waals surface area contributed by atoms with Crippen LogP contribution in [-0.4, -0.2) is 17.4 Å².